The normalized spacial score (nSPS) is 26.4. The lowest BCUT2D eigenvalue weighted by Crippen LogP contribution is -2.53. The van der Waals surface area contributed by atoms with Crippen molar-refractivity contribution in [3.05, 3.63) is 52.6 Å². The number of hydrogen-bond donors (Lipinski definition) is 1. The highest BCUT2D eigenvalue weighted by molar-refractivity contribution is 5.71. The Morgan fingerprint density at radius 2 is 1.75 bits per heavy atom. The summed E-state index contributed by atoms with van der Waals surface area (Å²) in [6.45, 7) is 16.0. The lowest BCUT2D eigenvalue weighted by atomic mass is 9.70. The molecule has 1 N–H and O–H groups in total. The number of hydrogen-bond acceptors (Lipinski definition) is 4. The number of piperidine rings is 3. The zero-order valence-electron chi connectivity index (χ0n) is 22.8. The fourth-order valence-electron chi connectivity index (χ4n) is 6.45. The number of ether oxygens (including phenoxy) is 2. The summed E-state index contributed by atoms with van der Waals surface area (Å²) in [5.41, 5.74) is 7.24. The van der Waals surface area contributed by atoms with Crippen molar-refractivity contribution in [1.29, 1.82) is 0 Å². The molecule has 2 aromatic rings. The van der Waals surface area contributed by atoms with E-state index in [9.17, 15) is 4.79 Å². The van der Waals surface area contributed by atoms with Crippen molar-refractivity contribution in [1.82, 2.24) is 10.2 Å². The lowest BCUT2D eigenvalue weighted by Gasteiger charge is -2.44. The highest BCUT2D eigenvalue weighted by Crippen LogP contribution is 2.45. The van der Waals surface area contributed by atoms with Crippen LogP contribution in [0.3, 0.4) is 0 Å². The van der Waals surface area contributed by atoms with Gasteiger partial charge in [0.25, 0.3) is 0 Å². The molecule has 5 heteroatoms. The van der Waals surface area contributed by atoms with Gasteiger partial charge in [-0.25, -0.2) is 4.79 Å². The van der Waals surface area contributed by atoms with Crippen molar-refractivity contribution in [3.8, 4) is 16.9 Å². The van der Waals surface area contributed by atoms with E-state index in [2.05, 4.69) is 82.1 Å². The maximum atomic E-state index is 13.1. The van der Waals surface area contributed by atoms with Gasteiger partial charge in [-0.15, -0.1) is 0 Å². The average Bonchev–Trinajstić information content (AvgIpc) is 2.83. The molecular formula is C31H42N2O3. The molecule has 6 rings (SSSR count). The molecule has 2 aromatic carbocycles. The number of alkyl carbamates (subject to hydrolysis) is 1. The monoisotopic (exact) mass is 490 g/mol. The van der Waals surface area contributed by atoms with Gasteiger partial charge in [-0.05, 0) is 123 Å². The van der Waals surface area contributed by atoms with Gasteiger partial charge in [0, 0.05) is 6.54 Å². The molecule has 4 aliphatic rings. The van der Waals surface area contributed by atoms with Gasteiger partial charge in [0.1, 0.15) is 11.9 Å². The smallest absolute Gasteiger partial charge is 0.407 e. The molecule has 0 saturated carbocycles. The van der Waals surface area contributed by atoms with Crippen LogP contribution < -0.4 is 10.1 Å². The molecule has 3 fully saturated rings. The van der Waals surface area contributed by atoms with Crippen molar-refractivity contribution >= 4 is 6.09 Å². The van der Waals surface area contributed by atoms with Crippen molar-refractivity contribution < 1.29 is 14.3 Å². The second-order valence-corrected chi connectivity index (χ2v) is 12.2. The molecule has 5 nitrogen and oxygen atoms in total. The first-order valence-electron chi connectivity index (χ1n) is 13.7. The first-order chi connectivity index (χ1) is 17.1. The fraction of sp³-hybridized carbons (Fsp3) is 0.581. The van der Waals surface area contributed by atoms with Crippen LogP contribution in [0.15, 0.2) is 30.3 Å². The first kappa shape index (κ1) is 25.1. The predicted octanol–water partition coefficient (Wildman–Crippen LogP) is 6.59. The minimum atomic E-state index is -0.268. The van der Waals surface area contributed by atoms with Crippen LogP contribution in [-0.2, 0) is 11.2 Å². The molecule has 0 aromatic heterocycles. The summed E-state index contributed by atoms with van der Waals surface area (Å²) in [5.74, 6) is 1.50. The Bertz CT molecular complexity index is 1110. The standard InChI is InChI=1S/C31H42N2O3/c1-19(2)35-28-20(3)15-25(16-21(28)4)23-7-8-26-24(17-23)9-12-31(5,6)29(26)32-30(34)36-27-18-33-13-10-22(27)11-14-33/h7-8,15-17,19,22,27,29H,9-14,18H2,1-6H3,(H,32,34)/t27-,29-/m0/s1. The number of fused-ring (bicyclic) bond motifs is 4. The number of rotatable bonds is 5. The zero-order valence-corrected chi connectivity index (χ0v) is 22.8. The van der Waals surface area contributed by atoms with Crippen molar-refractivity contribution in [2.45, 2.75) is 85.5 Å². The molecule has 1 aliphatic carbocycles. The first-order valence-corrected chi connectivity index (χ1v) is 13.7. The maximum Gasteiger partial charge on any atom is 0.407 e. The van der Waals surface area contributed by atoms with Crippen LogP contribution >= 0.6 is 0 Å². The van der Waals surface area contributed by atoms with Crippen molar-refractivity contribution in [3.63, 3.8) is 0 Å². The Balaban J connectivity index is 1.36. The third-order valence-corrected chi connectivity index (χ3v) is 8.54. The van der Waals surface area contributed by atoms with Crippen LogP contribution in [0, 0.1) is 25.2 Å². The minimum Gasteiger partial charge on any atom is -0.490 e. The minimum absolute atomic E-state index is 0.0233. The molecule has 3 aliphatic heterocycles. The second-order valence-electron chi connectivity index (χ2n) is 12.2. The molecular weight excluding hydrogens is 448 g/mol. The number of nitrogens with zero attached hydrogens (tertiary/aromatic N) is 1. The predicted molar refractivity (Wildman–Crippen MR) is 145 cm³/mol. The average molecular weight is 491 g/mol. The summed E-state index contributed by atoms with van der Waals surface area (Å²) in [6, 6.07) is 11.1. The number of carbonyl (C=O) groups is 1. The molecule has 3 heterocycles. The van der Waals surface area contributed by atoms with Crippen LogP contribution in [0.5, 0.6) is 5.75 Å². The van der Waals surface area contributed by atoms with Gasteiger partial charge in [0.2, 0.25) is 0 Å². The van der Waals surface area contributed by atoms with E-state index in [-0.39, 0.29) is 29.8 Å². The zero-order chi connectivity index (χ0) is 25.6. The molecule has 0 radical (unpaired) electrons. The third-order valence-electron chi connectivity index (χ3n) is 8.54. The van der Waals surface area contributed by atoms with Crippen LogP contribution in [-0.4, -0.2) is 42.8 Å². The largest absolute Gasteiger partial charge is 0.490 e. The Morgan fingerprint density at radius 1 is 1.06 bits per heavy atom. The third kappa shape index (κ3) is 5.00. The quantitative estimate of drug-likeness (QED) is 0.514. The summed E-state index contributed by atoms with van der Waals surface area (Å²) in [7, 11) is 0. The van der Waals surface area contributed by atoms with Gasteiger partial charge in [-0.3, -0.25) is 4.90 Å². The highest BCUT2D eigenvalue weighted by atomic mass is 16.6. The van der Waals surface area contributed by atoms with E-state index in [0.29, 0.717) is 5.92 Å². The van der Waals surface area contributed by atoms with E-state index in [1.165, 1.54) is 22.3 Å². The Hall–Kier alpha value is -2.53. The summed E-state index contributed by atoms with van der Waals surface area (Å²) in [5, 5.41) is 3.28. The summed E-state index contributed by atoms with van der Waals surface area (Å²) < 4.78 is 12.0. The number of nitrogens with one attached hydrogen (secondary N) is 1. The number of amides is 1. The molecule has 2 atom stereocenters. The summed E-state index contributed by atoms with van der Waals surface area (Å²) in [4.78, 5) is 15.5. The van der Waals surface area contributed by atoms with E-state index in [4.69, 9.17) is 9.47 Å². The van der Waals surface area contributed by atoms with Crippen molar-refractivity contribution in [2.75, 3.05) is 19.6 Å². The van der Waals surface area contributed by atoms with Crippen LogP contribution in [0.1, 0.15) is 75.3 Å². The highest BCUT2D eigenvalue weighted by Gasteiger charge is 2.40. The van der Waals surface area contributed by atoms with Gasteiger partial charge in [-0.2, -0.15) is 0 Å². The molecule has 0 spiro atoms. The van der Waals surface area contributed by atoms with Crippen LogP contribution in [0.2, 0.25) is 0 Å². The molecule has 194 valence electrons. The molecule has 3 saturated heterocycles. The summed E-state index contributed by atoms with van der Waals surface area (Å²) >= 11 is 0. The second kappa shape index (κ2) is 9.74. The molecule has 2 bridgehead atoms. The molecule has 0 unspecified atom stereocenters. The van der Waals surface area contributed by atoms with Gasteiger partial charge in [0.05, 0.1) is 12.1 Å². The van der Waals surface area contributed by atoms with Gasteiger partial charge in [0.15, 0.2) is 0 Å². The summed E-state index contributed by atoms with van der Waals surface area (Å²) in [6.07, 6.45) is 4.22. The topological polar surface area (TPSA) is 50.8 Å². The number of benzene rings is 2. The Kier molecular flexibility index (Phi) is 6.80. The Labute approximate surface area is 216 Å². The van der Waals surface area contributed by atoms with E-state index in [0.717, 1.165) is 62.2 Å². The number of aryl methyl sites for hydroxylation is 3. The van der Waals surface area contributed by atoms with Gasteiger partial charge < -0.3 is 14.8 Å². The molecule has 1 amide bonds. The van der Waals surface area contributed by atoms with E-state index in [1.807, 2.05) is 0 Å². The van der Waals surface area contributed by atoms with E-state index < -0.39 is 0 Å². The molecule has 36 heavy (non-hydrogen) atoms. The van der Waals surface area contributed by atoms with Crippen LogP contribution in [0.4, 0.5) is 4.79 Å². The SMILES string of the molecule is Cc1cc(-c2ccc3c(c2)CCC(C)(C)[C@H]3NC(=O)O[C@H]2CN3CCC2CC3)cc(C)c1OC(C)C. The van der Waals surface area contributed by atoms with E-state index >= 15 is 0 Å². The van der Waals surface area contributed by atoms with Crippen molar-refractivity contribution in [2.24, 2.45) is 11.3 Å². The number of carbonyl (C=O) groups excluding carboxylic acids is 1. The van der Waals surface area contributed by atoms with Gasteiger partial charge >= 0.3 is 6.09 Å². The fourth-order valence-corrected chi connectivity index (χ4v) is 6.45. The lowest BCUT2D eigenvalue weighted by molar-refractivity contribution is -0.0353. The Morgan fingerprint density at radius 3 is 2.36 bits per heavy atom. The van der Waals surface area contributed by atoms with Crippen LogP contribution in [0.25, 0.3) is 11.1 Å². The van der Waals surface area contributed by atoms with Gasteiger partial charge in [-0.1, -0.05) is 32.0 Å². The van der Waals surface area contributed by atoms with E-state index in [1.54, 1.807) is 0 Å². The maximum absolute atomic E-state index is 13.1.